The first-order chi connectivity index (χ1) is 15.3. The maximum absolute atomic E-state index is 15.9. The number of benzene rings is 1. The third kappa shape index (κ3) is 3.32. The summed E-state index contributed by atoms with van der Waals surface area (Å²) in [6.07, 6.45) is 1.89. The van der Waals surface area contributed by atoms with Gasteiger partial charge >= 0.3 is 6.16 Å². The Hall–Kier alpha value is -2.72. The molecular weight excluding hydrogens is 424 g/mol. The van der Waals surface area contributed by atoms with Gasteiger partial charge < -0.3 is 29.4 Å². The lowest BCUT2D eigenvalue weighted by molar-refractivity contribution is 0.00595. The molecule has 2 unspecified atom stereocenters. The van der Waals surface area contributed by atoms with E-state index in [2.05, 4.69) is 10.1 Å². The smallest absolute Gasteiger partial charge is 0.449 e. The van der Waals surface area contributed by atoms with Crippen molar-refractivity contribution in [2.24, 2.45) is 5.92 Å². The van der Waals surface area contributed by atoms with Gasteiger partial charge in [0.2, 0.25) is 5.43 Å². The van der Waals surface area contributed by atoms with E-state index in [9.17, 15) is 9.59 Å². The molecule has 2 atom stereocenters. The second kappa shape index (κ2) is 7.70. The molecule has 5 rings (SSSR count). The molecule has 2 aromatic rings. The Balaban J connectivity index is 1.62. The number of ether oxygens (including phenoxy) is 2. The third-order valence-corrected chi connectivity index (χ3v) is 6.78. The molecule has 2 aliphatic heterocycles. The highest BCUT2D eigenvalue weighted by Crippen LogP contribution is 2.44. The number of carbonyl (C=O) groups is 1. The van der Waals surface area contributed by atoms with E-state index in [-0.39, 0.29) is 28.6 Å². The van der Waals surface area contributed by atoms with E-state index in [1.54, 1.807) is 4.90 Å². The van der Waals surface area contributed by atoms with Crippen molar-refractivity contribution in [2.45, 2.75) is 37.8 Å². The summed E-state index contributed by atoms with van der Waals surface area (Å²) in [5, 5.41) is 12.0. The van der Waals surface area contributed by atoms with Crippen LogP contribution in [0.4, 0.5) is 19.3 Å². The quantitative estimate of drug-likeness (QED) is 0.655. The summed E-state index contributed by atoms with van der Waals surface area (Å²) in [4.78, 5) is 25.4. The molecule has 2 saturated heterocycles. The van der Waals surface area contributed by atoms with Crippen LogP contribution in [-0.2, 0) is 4.74 Å². The molecule has 1 aromatic heterocycles. The van der Waals surface area contributed by atoms with Crippen molar-refractivity contribution in [3.63, 3.8) is 0 Å². The summed E-state index contributed by atoms with van der Waals surface area (Å²) in [6.45, 7) is 4.79. The van der Waals surface area contributed by atoms with Crippen LogP contribution in [0.2, 0.25) is 0 Å². The molecule has 0 spiro atoms. The van der Waals surface area contributed by atoms with Gasteiger partial charge in [0.15, 0.2) is 11.6 Å². The summed E-state index contributed by atoms with van der Waals surface area (Å²) in [5.74, 6) is -1.99. The number of pyridine rings is 1. The zero-order valence-corrected chi connectivity index (χ0v) is 17.7. The average Bonchev–Trinajstić information content (AvgIpc) is 3.42. The van der Waals surface area contributed by atoms with Crippen LogP contribution in [0.3, 0.4) is 0 Å². The van der Waals surface area contributed by atoms with Gasteiger partial charge in [0.25, 0.3) is 0 Å². The number of halogens is 2. The van der Waals surface area contributed by atoms with Crippen molar-refractivity contribution >= 4 is 22.7 Å². The van der Waals surface area contributed by atoms with E-state index < -0.39 is 34.6 Å². The molecule has 32 heavy (non-hydrogen) atoms. The second-order valence-electron chi connectivity index (χ2n) is 8.81. The molecule has 8 nitrogen and oxygen atoms in total. The zero-order chi connectivity index (χ0) is 22.6. The van der Waals surface area contributed by atoms with E-state index in [0.29, 0.717) is 26.2 Å². The van der Waals surface area contributed by atoms with E-state index in [0.717, 1.165) is 31.9 Å². The van der Waals surface area contributed by atoms with Crippen molar-refractivity contribution in [3.05, 3.63) is 34.1 Å². The number of likely N-dealkylation sites (N-methyl/N-ethyl adjacent to an activating group) is 1. The molecular formula is C22H25F2N3O5. The fourth-order valence-corrected chi connectivity index (χ4v) is 5.13. The molecule has 0 amide bonds. The SMILES string of the molecule is CCNCC12CN(c3c(F)cc4c(=O)c(OC(=O)O)cn(C5CC5)c4c3F)CC1CCO2. The van der Waals surface area contributed by atoms with Crippen LogP contribution >= 0.6 is 0 Å². The standard InChI is InChI=1S/C22H25F2N3O5/c1-2-25-10-22-11-26(8-12(22)5-6-31-22)19-15(23)7-14-18(17(19)24)27(13-3-4-13)9-16(20(14)28)32-21(29)30/h7,9,12-13,25H,2-6,8,10-11H2,1H3,(H,29,30). The summed E-state index contributed by atoms with van der Waals surface area (Å²) in [7, 11) is 0. The van der Waals surface area contributed by atoms with Crippen LogP contribution in [0.5, 0.6) is 5.75 Å². The Labute approximate surface area is 182 Å². The largest absolute Gasteiger partial charge is 0.511 e. The maximum atomic E-state index is 15.9. The lowest BCUT2D eigenvalue weighted by Crippen LogP contribution is -2.46. The van der Waals surface area contributed by atoms with Gasteiger partial charge in [-0.3, -0.25) is 4.79 Å². The normalized spacial score (nSPS) is 24.8. The first-order valence-electron chi connectivity index (χ1n) is 10.9. The van der Waals surface area contributed by atoms with Gasteiger partial charge in [-0.25, -0.2) is 13.6 Å². The monoisotopic (exact) mass is 449 g/mol. The first-order valence-corrected chi connectivity index (χ1v) is 10.9. The van der Waals surface area contributed by atoms with Gasteiger partial charge in [-0.05, 0) is 31.9 Å². The summed E-state index contributed by atoms with van der Waals surface area (Å²) in [5.41, 5.74) is -1.55. The first kappa shape index (κ1) is 21.1. The van der Waals surface area contributed by atoms with Crippen LogP contribution in [0.1, 0.15) is 32.2 Å². The Kier molecular flexibility index (Phi) is 5.09. The van der Waals surface area contributed by atoms with Crippen molar-refractivity contribution in [3.8, 4) is 5.75 Å². The molecule has 172 valence electrons. The molecule has 3 heterocycles. The number of fused-ring (bicyclic) bond motifs is 2. The van der Waals surface area contributed by atoms with Gasteiger partial charge in [0.1, 0.15) is 17.1 Å². The Morgan fingerprint density at radius 2 is 2.16 bits per heavy atom. The molecule has 1 aliphatic carbocycles. The van der Waals surface area contributed by atoms with E-state index in [1.807, 2.05) is 6.92 Å². The number of hydrogen-bond acceptors (Lipinski definition) is 6. The number of anilines is 1. The summed E-state index contributed by atoms with van der Waals surface area (Å²) in [6, 6.07) is 0.902. The topological polar surface area (TPSA) is 93.0 Å². The number of carboxylic acid groups (broad SMARTS) is 1. The highest BCUT2D eigenvalue weighted by Gasteiger charge is 2.51. The van der Waals surface area contributed by atoms with Crippen LogP contribution in [0, 0.1) is 17.6 Å². The molecule has 10 heteroatoms. The van der Waals surface area contributed by atoms with Gasteiger partial charge in [0, 0.05) is 38.2 Å². The van der Waals surface area contributed by atoms with Crippen LogP contribution in [0.25, 0.3) is 10.9 Å². The molecule has 3 fully saturated rings. The van der Waals surface area contributed by atoms with Crippen LogP contribution < -0.4 is 20.4 Å². The van der Waals surface area contributed by atoms with Gasteiger partial charge in [0.05, 0.1) is 17.1 Å². The molecule has 0 bridgehead atoms. The summed E-state index contributed by atoms with van der Waals surface area (Å²) >= 11 is 0. The molecule has 3 aliphatic rings. The van der Waals surface area contributed by atoms with Crippen molar-refractivity contribution < 1.29 is 28.2 Å². The second-order valence-corrected chi connectivity index (χ2v) is 8.81. The maximum Gasteiger partial charge on any atom is 0.511 e. The van der Waals surface area contributed by atoms with E-state index >= 15 is 8.78 Å². The summed E-state index contributed by atoms with van der Waals surface area (Å²) < 4.78 is 43.3. The Morgan fingerprint density at radius 3 is 2.84 bits per heavy atom. The lowest BCUT2D eigenvalue weighted by atomic mass is 9.91. The third-order valence-electron chi connectivity index (χ3n) is 6.78. The number of hydrogen-bond donors (Lipinski definition) is 2. The minimum atomic E-state index is -1.66. The average molecular weight is 449 g/mol. The van der Waals surface area contributed by atoms with E-state index in [1.165, 1.54) is 10.8 Å². The van der Waals surface area contributed by atoms with Gasteiger partial charge in [-0.2, -0.15) is 0 Å². The Bertz CT molecular complexity index is 1150. The predicted octanol–water partition coefficient (Wildman–Crippen LogP) is 2.88. The minimum absolute atomic E-state index is 0.0228. The van der Waals surface area contributed by atoms with Crippen molar-refractivity contribution in [2.75, 3.05) is 37.7 Å². The van der Waals surface area contributed by atoms with Crippen molar-refractivity contribution in [1.29, 1.82) is 0 Å². The number of aromatic nitrogens is 1. The van der Waals surface area contributed by atoms with E-state index in [4.69, 9.17) is 9.84 Å². The molecule has 2 N–H and O–H groups in total. The fourth-order valence-electron chi connectivity index (χ4n) is 5.13. The van der Waals surface area contributed by atoms with Crippen LogP contribution in [-0.4, -0.2) is 54.2 Å². The Morgan fingerprint density at radius 1 is 1.38 bits per heavy atom. The number of rotatable bonds is 6. The molecule has 1 aromatic carbocycles. The van der Waals surface area contributed by atoms with Gasteiger partial charge in [-0.15, -0.1) is 0 Å². The zero-order valence-electron chi connectivity index (χ0n) is 17.7. The van der Waals surface area contributed by atoms with Crippen LogP contribution in [0.15, 0.2) is 17.1 Å². The predicted molar refractivity (Wildman–Crippen MR) is 113 cm³/mol. The highest BCUT2D eigenvalue weighted by atomic mass is 19.1. The minimum Gasteiger partial charge on any atom is -0.449 e. The molecule has 0 radical (unpaired) electrons. The number of nitrogens with one attached hydrogen (secondary N) is 1. The molecule has 1 saturated carbocycles. The van der Waals surface area contributed by atoms with Crippen molar-refractivity contribution in [1.82, 2.24) is 9.88 Å². The number of nitrogens with zero attached hydrogens (tertiary/aromatic N) is 2. The lowest BCUT2D eigenvalue weighted by Gasteiger charge is -2.29. The highest BCUT2D eigenvalue weighted by molar-refractivity contribution is 5.86. The van der Waals surface area contributed by atoms with Gasteiger partial charge in [-0.1, -0.05) is 6.92 Å². The fraction of sp³-hybridized carbons (Fsp3) is 0.545.